The number of benzene rings is 1. The third-order valence-electron chi connectivity index (χ3n) is 3.17. The summed E-state index contributed by atoms with van der Waals surface area (Å²) in [6.45, 7) is 1.80. The van der Waals surface area contributed by atoms with E-state index < -0.39 is 5.97 Å². The Morgan fingerprint density at radius 1 is 1.50 bits per heavy atom. The van der Waals surface area contributed by atoms with Crippen molar-refractivity contribution in [2.75, 3.05) is 0 Å². The summed E-state index contributed by atoms with van der Waals surface area (Å²) in [5.74, 6) is -0.742. The van der Waals surface area contributed by atoms with Crippen LogP contribution in [0.1, 0.15) is 30.4 Å². The monoisotopic (exact) mass is 190 g/mol. The first-order valence-corrected chi connectivity index (χ1v) is 5.00. The van der Waals surface area contributed by atoms with Gasteiger partial charge in [0.2, 0.25) is 0 Å². The summed E-state index contributed by atoms with van der Waals surface area (Å²) in [6, 6.07) is 8.18. The molecule has 0 bridgehead atoms. The van der Waals surface area contributed by atoms with E-state index in [2.05, 4.69) is 12.1 Å². The van der Waals surface area contributed by atoms with Crippen LogP contribution in [0.2, 0.25) is 0 Å². The largest absolute Gasteiger partial charge is 0.481 e. The van der Waals surface area contributed by atoms with Gasteiger partial charge in [-0.3, -0.25) is 4.79 Å². The van der Waals surface area contributed by atoms with Crippen molar-refractivity contribution in [2.45, 2.75) is 25.7 Å². The minimum absolute atomic E-state index is 0.212. The highest BCUT2D eigenvalue weighted by atomic mass is 16.4. The molecule has 0 fully saturated rings. The Bertz CT molecular complexity index is 357. The molecule has 74 valence electrons. The highest BCUT2D eigenvalue weighted by molar-refractivity contribution is 5.71. The lowest BCUT2D eigenvalue weighted by Crippen LogP contribution is -2.16. The molecule has 0 spiro atoms. The Balaban J connectivity index is 2.30. The van der Waals surface area contributed by atoms with Crippen molar-refractivity contribution in [3.8, 4) is 0 Å². The summed E-state index contributed by atoms with van der Waals surface area (Å²) in [6.07, 6.45) is 2.01. The van der Waals surface area contributed by atoms with Gasteiger partial charge in [-0.2, -0.15) is 0 Å². The number of hydrogen-bond donors (Lipinski definition) is 1. The van der Waals surface area contributed by atoms with Crippen molar-refractivity contribution in [1.29, 1.82) is 0 Å². The number of carbonyl (C=O) groups is 1. The summed E-state index contributed by atoms with van der Waals surface area (Å²) in [5, 5.41) is 8.97. The summed E-state index contributed by atoms with van der Waals surface area (Å²) in [7, 11) is 0. The minimum atomic E-state index is -0.688. The van der Waals surface area contributed by atoms with Crippen LogP contribution in [0.5, 0.6) is 0 Å². The summed E-state index contributed by atoms with van der Waals surface area (Å²) < 4.78 is 0. The zero-order valence-corrected chi connectivity index (χ0v) is 8.23. The molecule has 1 aliphatic rings. The average molecular weight is 190 g/mol. The second-order valence-corrected chi connectivity index (χ2v) is 3.97. The molecule has 0 amide bonds. The lowest BCUT2D eigenvalue weighted by atomic mass is 9.89. The molecule has 1 aromatic carbocycles. The highest BCUT2D eigenvalue weighted by Gasteiger charge is 2.30. The Morgan fingerprint density at radius 2 is 2.21 bits per heavy atom. The molecule has 2 rings (SSSR count). The number of aryl methyl sites for hydroxylation is 1. The standard InChI is InChI=1S/C12H14O2/c1-8(12(13)14)10-7-6-9-4-2-3-5-11(9)10/h2-5,8,10H,6-7H2,1H3,(H,13,14)/t8-,10?/m1/s1. The van der Waals surface area contributed by atoms with Crippen LogP contribution < -0.4 is 0 Å². The van der Waals surface area contributed by atoms with Crippen molar-refractivity contribution in [1.82, 2.24) is 0 Å². The molecule has 1 unspecified atom stereocenters. The summed E-state index contributed by atoms with van der Waals surface area (Å²) in [4.78, 5) is 10.9. The number of hydrogen-bond acceptors (Lipinski definition) is 1. The zero-order chi connectivity index (χ0) is 10.1. The van der Waals surface area contributed by atoms with Crippen LogP contribution in [0.15, 0.2) is 24.3 Å². The van der Waals surface area contributed by atoms with Gasteiger partial charge in [0.15, 0.2) is 0 Å². The number of aliphatic carboxylic acids is 1. The summed E-state index contributed by atoms with van der Waals surface area (Å²) in [5.41, 5.74) is 2.56. The van der Waals surface area contributed by atoms with Crippen molar-refractivity contribution in [3.05, 3.63) is 35.4 Å². The third kappa shape index (κ3) is 1.41. The molecular weight excluding hydrogens is 176 g/mol. The molecule has 1 aromatic rings. The maximum absolute atomic E-state index is 10.9. The molecule has 0 heterocycles. The minimum Gasteiger partial charge on any atom is -0.481 e. The van der Waals surface area contributed by atoms with Crippen LogP contribution in [-0.2, 0) is 11.2 Å². The van der Waals surface area contributed by atoms with Gasteiger partial charge in [0.1, 0.15) is 0 Å². The Hall–Kier alpha value is -1.31. The van der Waals surface area contributed by atoms with Crippen molar-refractivity contribution in [3.63, 3.8) is 0 Å². The van der Waals surface area contributed by atoms with E-state index in [9.17, 15) is 4.79 Å². The molecule has 2 atom stereocenters. The topological polar surface area (TPSA) is 37.3 Å². The van der Waals surface area contributed by atoms with Crippen LogP contribution in [-0.4, -0.2) is 11.1 Å². The molecule has 14 heavy (non-hydrogen) atoms. The molecule has 0 saturated carbocycles. The van der Waals surface area contributed by atoms with E-state index in [0.717, 1.165) is 12.8 Å². The highest BCUT2D eigenvalue weighted by Crippen LogP contribution is 2.38. The number of carboxylic acid groups (broad SMARTS) is 1. The normalized spacial score (nSPS) is 21.6. The molecule has 2 nitrogen and oxygen atoms in total. The fourth-order valence-corrected chi connectivity index (χ4v) is 2.28. The van der Waals surface area contributed by atoms with Gasteiger partial charge in [-0.05, 0) is 29.9 Å². The van der Waals surface area contributed by atoms with E-state index in [4.69, 9.17) is 5.11 Å². The Kier molecular flexibility index (Phi) is 2.28. The number of fused-ring (bicyclic) bond motifs is 1. The predicted octanol–water partition coefficient (Wildman–Crippen LogP) is 2.44. The summed E-state index contributed by atoms with van der Waals surface area (Å²) >= 11 is 0. The zero-order valence-electron chi connectivity index (χ0n) is 8.23. The molecule has 0 saturated heterocycles. The van der Waals surface area contributed by atoms with Gasteiger partial charge in [0, 0.05) is 0 Å². The van der Waals surface area contributed by atoms with E-state index in [1.54, 1.807) is 6.92 Å². The van der Waals surface area contributed by atoms with E-state index in [1.807, 2.05) is 12.1 Å². The molecule has 0 aliphatic heterocycles. The fraction of sp³-hybridized carbons (Fsp3) is 0.417. The van der Waals surface area contributed by atoms with E-state index >= 15 is 0 Å². The van der Waals surface area contributed by atoms with Gasteiger partial charge >= 0.3 is 5.97 Å². The smallest absolute Gasteiger partial charge is 0.306 e. The SMILES string of the molecule is C[C@@H](C(=O)O)C1CCc2ccccc21. The first-order chi connectivity index (χ1) is 6.70. The van der Waals surface area contributed by atoms with Crippen LogP contribution in [0.25, 0.3) is 0 Å². The lowest BCUT2D eigenvalue weighted by Gasteiger charge is -2.15. The van der Waals surface area contributed by atoms with Crippen molar-refractivity contribution < 1.29 is 9.90 Å². The maximum Gasteiger partial charge on any atom is 0.306 e. The molecule has 1 N–H and O–H groups in total. The molecule has 2 heteroatoms. The van der Waals surface area contributed by atoms with Crippen molar-refractivity contribution >= 4 is 5.97 Å². The third-order valence-corrected chi connectivity index (χ3v) is 3.17. The van der Waals surface area contributed by atoms with Gasteiger partial charge in [-0.1, -0.05) is 31.2 Å². The Labute approximate surface area is 83.6 Å². The van der Waals surface area contributed by atoms with E-state index in [1.165, 1.54) is 11.1 Å². The van der Waals surface area contributed by atoms with Gasteiger partial charge in [-0.25, -0.2) is 0 Å². The second kappa shape index (κ2) is 3.45. The average Bonchev–Trinajstić information content (AvgIpc) is 2.60. The van der Waals surface area contributed by atoms with Gasteiger partial charge < -0.3 is 5.11 Å². The van der Waals surface area contributed by atoms with Gasteiger partial charge in [-0.15, -0.1) is 0 Å². The van der Waals surface area contributed by atoms with Crippen molar-refractivity contribution in [2.24, 2.45) is 5.92 Å². The Morgan fingerprint density at radius 3 is 2.93 bits per heavy atom. The molecule has 1 aliphatic carbocycles. The maximum atomic E-state index is 10.9. The van der Waals surface area contributed by atoms with Crippen LogP contribution >= 0.6 is 0 Å². The molecule has 0 radical (unpaired) electrons. The van der Waals surface area contributed by atoms with Crippen LogP contribution in [0.4, 0.5) is 0 Å². The van der Waals surface area contributed by atoms with Gasteiger partial charge in [0.25, 0.3) is 0 Å². The van der Waals surface area contributed by atoms with Crippen LogP contribution in [0, 0.1) is 5.92 Å². The van der Waals surface area contributed by atoms with Gasteiger partial charge in [0.05, 0.1) is 5.92 Å². The first kappa shape index (κ1) is 9.25. The molecule has 0 aromatic heterocycles. The second-order valence-electron chi connectivity index (χ2n) is 3.97. The number of carboxylic acids is 1. The lowest BCUT2D eigenvalue weighted by molar-refractivity contribution is -0.141. The number of rotatable bonds is 2. The van der Waals surface area contributed by atoms with E-state index in [0.29, 0.717) is 0 Å². The van der Waals surface area contributed by atoms with Crippen LogP contribution in [0.3, 0.4) is 0 Å². The van der Waals surface area contributed by atoms with E-state index in [-0.39, 0.29) is 11.8 Å². The quantitative estimate of drug-likeness (QED) is 0.777. The predicted molar refractivity (Wildman–Crippen MR) is 54.3 cm³/mol. The fourth-order valence-electron chi connectivity index (χ4n) is 2.28. The molecular formula is C12H14O2. The first-order valence-electron chi connectivity index (χ1n) is 5.00.